The minimum Gasteiger partial charge on any atom is -0.496 e. The number of ether oxygens (including phenoxy) is 1. The van der Waals surface area contributed by atoms with Crippen molar-refractivity contribution in [2.75, 3.05) is 39.8 Å². The van der Waals surface area contributed by atoms with Crippen molar-refractivity contribution in [1.82, 2.24) is 14.7 Å². The van der Waals surface area contributed by atoms with Crippen molar-refractivity contribution in [3.05, 3.63) is 135 Å². The molecule has 5 rings (SSSR count). The van der Waals surface area contributed by atoms with Gasteiger partial charge in [-0.05, 0) is 59.7 Å². The molecule has 1 aliphatic heterocycles. The lowest BCUT2D eigenvalue weighted by Crippen LogP contribution is -2.53. The van der Waals surface area contributed by atoms with E-state index in [0.29, 0.717) is 35.1 Å². The van der Waals surface area contributed by atoms with Crippen molar-refractivity contribution in [1.29, 1.82) is 0 Å². The van der Waals surface area contributed by atoms with E-state index < -0.39 is 17.9 Å². The second-order valence-electron chi connectivity index (χ2n) is 12.6. The average Bonchev–Trinajstić information content (AvgIpc) is 3.25. The van der Waals surface area contributed by atoms with Gasteiger partial charge in [0.15, 0.2) is 0 Å². The summed E-state index contributed by atoms with van der Waals surface area (Å²) in [5.41, 5.74) is 9.40. The molecule has 0 aromatic heterocycles. The predicted molar refractivity (Wildman–Crippen MR) is 199 cm³/mol. The quantitative estimate of drug-likeness (QED) is 0.168. The zero-order chi connectivity index (χ0) is 36.3. The fourth-order valence-corrected chi connectivity index (χ4v) is 7.10. The van der Waals surface area contributed by atoms with Gasteiger partial charge < -0.3 is 25.2 Å². The van der Waals surface area contributed by atoms with Crippen LogP contribution in [0.25, 0.3) is 0 Å². The predicted octanol–water partition coefficient (Wildman–Crippen LogP) is 5.75. The fraction of sp³-hybridized carbons (Fsp3) is 0.300. The molecule has 0 aliphatic carbocycles. The summed E-state index contributed by atoms with van der Waals surface area (Å²) in [6.45, 7) is -0.0203. The number of amides is 4. The Morgan fingerprint density at radius 2 is 1.49 bits per heavy atom. The van der Waals surface area contributed by atoms with Crippen molar-refractivity contribution < 1.29 is 23.9 Å². The summed E-state index contributed by atoms with van der Waals surface area (Å²) in [6.07, 6.45) is 1.01. The van der Waals surface area contributed by atoms with Crippen LogP contribution < -0.4 is 10.5 Å². The van der Waals surface area contributed by atoms with Crippen molar-refractivity contribution >= 4 is 46.8 Å². The largest absolute Gasteiger partial charge is 0.496 e. The summed E-state index contributed by atoms with van der Waals surface area (Å²) in [5.74, 6) is -1.34. The van der Waals surface area contributed by atoms with Gasteiger partial charge in [-0.3, -0.25) is 19.2 Å². The van der Waals surface area contributed by atoms with Gasteiger partial charge in [0.2, 0.25) is 23.6 Å². The van der Waals surface area contributed by atoms with Crippen molar-refractivity contribution in [2.24, 2.45) is 5.73 Å². The molecular weight excluding hydrogens is 687 g/mol. The molecule has 1 saturated heterocycles. The normalized spacial score (nSPS) is 14.8. The number of halogens is 2. The number of carbonyl (C=O) groups is 4. The van der Waals surface area contributed by atoms with Gasteiger partial charge in [-0.2, -0.15) is 0 Å². The maximum absolute atomic E-state index is 14.5. The summed E-state index contributed by atoms with van der Waals surface area (Å²) < 4.78 is 5.49. The van der Waals surface area contributed by atoms with Crippen LogP contribution in [0, 0.1) is 0 Å². The zero-order valence-corrected chi connectivity index (χ0v) is 30.1. The van der Waals surface area contributed by atoms with E-state index in [4.69, 9.17) is 33.7 Å². The summed E-state index contributed by atoms with van der Waals surface area (Å²) in [6, 6.07) is 31.4. The number of rotatable bonds is 15. The van der Waals surface area contributed by atoms with Crippen LogP contribution in [0.3, 0.4) is 0 Å². The minimum atomic E-state index is -1.14. The monoisotopic (exact) mass is 728 g/mol. The molecule has 0 radical (unpaired) electrons. The first-order valence-electron chi connectivity index (χ1n) is 16.9. The number of para-hydroxylation sites is 1. The summed E-state index contributed by atoms with van der Waals surface area (Å²) in [5, 5.41) is 0.966. The Morgan fingerprint density at radius 3 is 2.12 bits per heavy atom. The highest BCUT2D eigenvalue weighted by Crippen LogP contribution is 2.30. The first-order chi connectivity index (χ1) is 24.6. The van der Waals surface area contributed by atoms with Crippen LogP contribution in [-0.4, -0.2) is 84.2 Å². The van der Waals surface area contributed by atoms with E-state index in [9.17, 15) is 19.2 Å². The topological polar surface area (TPSA) is 113 Å². The number of methoxy groups -OCH3 is 1. The molecule has 1 fully saturated rings. The first kappa shape index (κ1) is 37.4. The molecule has 1 unspecified atom stereocenters. The Balaban J connectivity index is 1.44. The van der Waals surface area contributed by atoms with E-state index >= 15 is 0 Å². The van der Waals surface area contributed by atoms with Crippen LogP contribution in [0.15, 0.2) is 103 Å². The van der Waals surface area contributed by atoms with Gasteiger partial charge in [0.05, 0.1) is 26.6 Å². The molecule has 4 aromatic carbocycles. The molecule has 266 valence electrons. The van der Waals surface area contributed by atoms with E-state index in [0.717, 1.165) is 22.3 Å². The molecule has 1 aliphatic rings. The van der Waals surface area contributed by atoms with E-state index in [1.165, 1.54) is 14.7 Å². The average molecular weight is 730 g/mol. The van der Waals surface area contributed by atoms with Gasteiger partial charge in [0.25, 0.3) is 0 Å². The number of nitrogens with zero attached hydrogens (tertiary/aromatic N) is 3. The molecule has 0 spiro atoms. The Kier molecular flexibility index (Phi) is 13.1. The summed E-state index contributed by atoms with van der Waals surface area (Å²) >= 11 is 12.5. The zero-order valence-electron chi connectivity index (χ0n) is 28.5. The third-order valence-electron chi connectivity index (χ3n) is 9.26. The van der Waals surface area contributed by atoms with Crippen LogP contribution in [0.4, 0.5) is 0 Å². The molecule has 51 heavy (non-hydrogen) atoms. The SMILES string of the molecule is COc1ccccc1CCN(CC(N)=O)C(=O)C1CC(=O)N(CCc2ccc(Cl)cc2Cl)CC(=O)N1CCC(c1ccccc1)c1ccccc1. The highest BCUT2D eigenvalue weighted by Gasteiger charge is 2.40. The lowest BCUT2D eigenvalue weighted by molar-refractivity contribution is -0.146. The molecule has 9 nitrogen and oxygen atoms in total. The Hall–Kier alpha value is -4.86. The molecule has 1 atom stereocenters. The number of primary amides is 1. The number of carbonyl (C=O) groups excluding carboxylic acids is 4. The van der Waals surface area contributed by atoms with Gasteiger partial charge in [0, 0.05) is 35.6 Å². The first-order valence-corrected chi connectivity index (χ1v) is 17.7. The van der Waals surface area contributed by atoms with Crippen molar-refractivity contribution in [3.8, 4) is 5.75 Å². The van der Waals surface area contributed by atoms with Gasteiger partial charge in [0.1, 0.15) is 11.8 Å². The molecule has 4 amide bonds. The third kappa shape index (κ3) is 9.90. The summed E-state index contributed by atoms with van der Waals surface area (Å²) in [4.78, 5) is 59.2. The fourth-order valence-electron chi connectivity index (χ4n) is 6.60. The van der Waals surface area contributed by atoms with Gasteiger partial charge in [-0.25, -0.2) is 0 Å². The van der Waals surface area contributed by atoms with Crippen LogP contribution in [0.1, 0.15) is 41.0 Å². The van der Waals surface area contributed by atoms with E-state index in [1.807, 2.05) is 84.9 Å². The molecule has 11 heteroatoms. The molecule has 0 bridgehead atoms. The van der Waals surface area contributed by atoms with Gasteiger partial charge >= 0.3 is 0 Å². The highest BCUT2D eigenvalue weighted by molar-refractivity contribution is 6.35. The van der Waals surface area contributed by atoms with Crippen LogP contribution in [-0.2, 0) is 32.0 Å². The number of hydrogen-bond acceptors (Lipinski definition) is 5. The van der Waals surface area contributed by atoms with E-state index in [2.05, 4.69) is 0 Å². The maximum atomic E-state index is 14.5. The summed E-state index contributed by atoms with van der Waals surface area (Å²) in [7, 11) is 1.57. The van der Waals surface area contributed by atoms with Crippen LogP contribution >= 0.6 is 23.2 Å². The lowest BCUT2D eigenvalue weighted by atomic mass is 9.88. The second-order valence-corrected chi connectivity index (χ2v) is 13.4. The Morgan fingerprint density at radius 1 is 0.843 bits per heavy atom. The standard InChI is InChI=1S/C40H42Cl2N4O5/c1-51-36-15-9-8-14-31(36)19-22-45(26-37(43)47)40(50)35-25-38(48)44(21-18-30-16-17-32(41)24-34(30)42)27-39(49)46(35)23-20-33(28-10-4-2-5-11-28)29-12-6-3-7-13-29/h2-17,24,33,35H,18-23,25-27H2,1H3,(H2,43,47). The number of hydrogen-bond donors (Lipinski definition) is 1. The van der Waals surface area contributed by atoms with Crippen LogP contribution in [0.5, 0.6) is 5.75 Å². The Labute approximate surface area is 308 Å². The number of nitrogens with two attached hydrogens (primary N) is 1. The van der Waals surface area contributed by atoms with Gasteiger partial charge in [-0.1, -0.05) is 108 Å². The molecule has 4 aromatic rings. The lowest BCUT2D eigenvalue weighted by Gasteiger charge is -2.34. The van der Waals surface area contributed by atoms with Gasteiger partial charge in [-0.15, -0.1) is 0 Å². The molecule has 0 saturated carbocycles. The third-order valence-corrected chi connectivity index (χ3v) is 9.85. The Bertz CT molecular complexity index is 1780. The number of benzene rings is 4. The van der Waals surface area contributed by atoms with E-state index in [-0.39, 0.29) is 56.9 Å². The minimum absolute atomic E-state index is 0.0784. The van der Waals surface area contributed by atoms with Crippen LogP contribution in [0.2, 0.25) is 10.0 Å². The second kappa shape index (κ2) is 17.9. The smallest absolute Gasteiger partial charge is 0.246 e. The van der Waals surface area contributed by atoms with E-state index in [1.54, 1.807) is 25.3 Å². The molecular formula is C40H42Cl2N4O5. The highest BCUT2D eigenvalue weighted by atomic mass is 35.5. The van der Waals surface area contributed by atoms with Crippen molar-refractivity contribution in [3.63, 3.8) is 0 Å². The maximum Gasteiger partial charge on any atom is 0.246 e. The van der Waals surface area contributed by atoms with Crippen molar-refractivity contribution in [2.45, 2.75) is 37.6 Å². The molecule has 1 heterocycles. The molecule has 2 N–H and O–H groups in total.